The van der Waals surface area contributed by atoms with E-state index in [1.807, 2.05) is 0 Å². The van der Waals surface area contributed by atoms with E-state index in [0.717, 1.165) is 0 Å². The zero-order chi connectivity index (χ0) is 15.1. The summed E-state index contributed by atoms with van der Waals surface area (Å²) >= 11 is 0. The predicted molar refractivity (Wildman–Crippen MR) is 72.3 cm³/mol. The number of hydrogen-bond acceptors (Lipinski definition) is 3. The van der Waals surface area contributed by atoms with Crippen LogP contribution < -0.4 is 5.32 Å². The van der Waals surface area contributed by atoms with Crippen molar-refractivity contribution >= 4 is 17.6 Å². The maximum atomic E-state index is 13.5. The molecule has 6 heteroatoms. The fourth-order valence-electron chi connectivity index (χ4n) is 3.22. The first kappa shape index (κ1) is 14.0. The number of carbonyl (C=O) groups excluding carboxylic acids is 1. The van der Waals surface area contributed by atoms with Crippen LogP contribution in [0.15, 0.2) is 18.2 Å². The molecule has 2 saturated heterocycles. The number of nitrogens with one attached hydrogen (secondary N) is 1. The standard InChI is InChI=1S/C15H16FNO4/c1-7-2-3-8(6-9(7)16)17-14(18)12-10-4-5-11(21-10)13(12)15(19)20/h2-3,6,10-13H,4-5H2,1H3,(H,17,18)(H,19,20)/t10-,11-,12+,13+/m1/s1. The van der Waals surface area contributed by atoms with E-state index in [9.17, 15) is 19.1 Å². The number of aliphatic carboxylic acids is 1. The van der Waals surface area contributed by atoms with Crippen molar-refractivity contribution in [2.75, 3.05) is 5.32 Å². The molecule has 2 aliphatic heterocycles. The van der Waals surface area contributed by atoms with Crippen LogP contribution in [0.1, 0.15) is 18.4 Å². The van der Waals surface area contributed by atoms with Gasteiger partial charge in [-0.1, -0.05) is 6.07 Å². The Labute approximate surface area is 121 Å². The van der Waals surface area contributed by atoms with Crippen molar-refractivity contribution in [3.63, 3.8) is 0 Å². The zero-order valence-corrected chi connectivity index (χ0v) is 11.5. The van der Waals surface area contributed by atoms with Gasteiger partial charge in [-0.25, -0.2) is 4.39 Å². The van der Waals surface area contributed by atoms with Crippen molar-refractivity contribution in [3.8, 4) is 0 Å². The molecule has 1 aromatic carbocycles. The highest BCUT2D eigenvalue weighted by Gasteiger charge is 2.55. The second-order valence-corrected chi connectivity index (χ2v) is 5.63. The van der Waals surface area contributed by atoms with Gasteiger partial charge in [0.05, 0.1) is 24.0 Å². The van der Waals surface area contributed by atoms with Crippen LogP contribution in [0, 0.1) is 24.6 Å². The number of anilines is 1. The summed E-state index contributed by atoms with van der Waals surface area (Å²) in [5.74, 6) is -3.38. The molecule has 3 rings (SSSR count). The van der Waals surface area contributed by atoms with Crippen LogP contribution in [0.25, 0.3) is 0 Å². The van der Waals surface area contributed by atoms with Gasteiger partial charge in [-0.15, -0.1) is 0 Å². The zero-order valence-electron chi connectivity index (χ0n) is 11.5. The van der Waals surface area contributed by atoms with Crippen molar-refractivity contribution < 1.29 is 23.8 Å². The Morgan fingerprint density at radius 3 is 2.57 bits per heavy atom. The Morgan fingerprint density at radius 1 is 1.29 bits per heavy atom. The molecule has 1 amide bonds. The van der Waals surface area contributed by atoms with E-state index in [0.29, 0.717) is 24.1 Å². The van der Waals surface area contributed by atoms with Crippen LogP contribution in [0.2, 0.25) is 0 Å². The van der Waals surface area contributed by atoms with Gasteiger partial charge in [-0.05, 0) is 37.5 Å². The number of aryl methyl sites for hydroxylation is 1. The minimum absolute atomic E-state index is 0.329. The molecule has 2 fully saturated rings. The molecule has 1 aromatic rings. The summed E-state index contributed by atoms with van der Waals surface area (Å²) in [7, 11) is 0. The second kappa shape index (κ2) is 5.11. The van der Waals surface area contributed by atoms with Crippen LogP contribution in [0.4, 0.5) is 10.1 Å². The molecule has 0 saturated carbocycles. The van der Waals surface area contributed by atoms with Crippen LogP contribution in [0.3, 0.4) is 0 Å². The average Bonchev–Trinajstić information content (AvgIpc) is 3.03. The van der Waals surface area contributed by atoms with Crippen LogP contribution in [-0.2, 0) is 14.3 Å². The lowest BCUT2D eigenvalue weighted by Gasteiger charge is -2.23. The molecular weight excluding hydrogens is 277 g/mol. The molecule has 0 radical (unpaired) electrons. The van der Waals surface area contributed by atoms with Gasteiger partial charge in [0, 0.05) is 5.69 Å². The number of hydrogen-bond donors (Lipinski definition) is 2. The van der Waals surface area contributed by atoms with Crippen LogP contribution in [-0.4, -0.2) is 29.2 Å². The van der Waals surface area contributed by atoms with Crippen molar-refractivity contribution in [2.24, 2.45) is 11.8 Å². The fourth-order valence-corrected chi connectivity index (χ4v) is 3.22. The SMILES string of the molecule is Cc1ccc(NC(=O)[C@@H]2[C@@H](C(=O)O)[C@H]3CC[C@H]2O3)cc1F. The van der Waals surface area contributed by atoms with E-state index in [1.54, 1.807) is 19.1 Å². The first-order chi connectivity index (χ1) is 9.97. The summed E-state index contributed by atoms with van der Waals surface area (Å²) in [6.45, 7) is 1.63. The number of halogens is 1. The summed E-state index contributed by atoms with van der Waals surface area (Å²) < 4.78 is 19.0. The number of carboxylic acid groups (broad SMARTS) is 1. The lowest BCUT2D eigenvalue weighted by Crippen LogP contribution is -2.40. The molecular formula is C15H16FNO4. The predicted octanol–water partition coefficient (Wildman–Crippen LogP) is 1.95. The van der Waals surface area contributed by atoms with Crippen molar-refractivity contribution in [1.29, 1.82) is 0 Å². The Hall–Kier alpha value is -1.95. The van der Waals surface area contributed by atoms with Crippen molar-refractivity contribution in [1.82, 2.24) is 0 Å². The molecule has 0 spiro atoms. The third kappa shape index (κ3) is 2.40. The van der Waals surface area contributed by atoms with Crippen molar-refractivity contribution in [3.05, 3.63) is 29.6 Å². The van der Waals surface area contributed by atoms with Crippen LogP contribution in [0.5, 0.6) is 0 Å². The molecule has 2 heterocycles. The maximum absolute atomic E-state index is 13.5. The number of carbonyl (C=O) groups is 2. The van der Waals surface area contributed by atoms with Gasteiger partial charge in [-0.2, -0.15) is 0 Å². The number of amides is 1. The highest BCUT2D eigenvalue weighted by atomic mass is 19.1. The van der Waals surface area contributed by atoms with E-state index in [2.05, 4.69) is 5.32 Å². The fraction of sp³-hybridized carbons (Fsp3) is 0.467. The highest BCUT2D eigenvalue weighted by Crippen LogP contribution is 2.44. The van der Waals surface area contributed by atoms with E-state index < -0.39 is 35.6 Å². The first-order valence-electron chi connectivity index (χ1n) is 6.92. The summed E-state index contributed by atoms with van der Waals surface area (Å²) in [6.07, 6.45) is 0.615. The Kier molecular flexibility index (Phi) is 3.41. The topological polar surface area (TPSA) is 75.6 Å². The minimum atomic E-state index is -1.02. The van der Waals surface area contributed by atoms with Gasteiger partial charge in [0.1, 0.15) is 5.82 Å². The number of ether oxygens (including phenoxy) is 1. The van der Waals surface area contributed by atoms with Crippen LogP contribution >= 0.6 is 0 Å². The number of rotatable bonds is 3. The molecule has 112 valence electrons. The van der Waals surface area contributed by atoms with Gasteiger partial charge < -0.3 is 15.2 Å². The third-order valence-corrected chi connectivity index (χ3v) is 4.30. The molecule has 2 aliphatic rings. The lowest BCUT2D eigenvalue weighted by atomic mass is 9.78. The molecule has 0 unspecified atom stereocenters. The molecule has 0 aromatic heterocycles. The van der Waals surface area contributed by atoms with E-state index >= 15 is 0 Å². The maximum Gasteiger partial charge on any atom is 0.310 e. The first-order valence-corrected chi connectivity index (χ1v) is 6.92. The molecule has 2 bridgehead atoms. The molecule has 5 nitrogen and oxygen atoms in total. The van der Waals surface area contributed by atoms with E-state index in [4.69, 9.17) is 4.74 Å². The second-order valence-electron chi connectivity index (χ2n) is 5.63. The summed E-state index contributed by atoms with van der Waals surface area (Å²) in [6, 6.07) is 4.40. The Balaban J connectivity index is 1.78. The van der Waals surface area contributed by atoms with Gasteiger partial charge in [0.25, 0.3) is 0 Å². The largest absolute Gasteiger partial charge is 0.481 e. The average molecular weight is 293 g/mol. The number of fused-ring (bicyclic) bond motifs is 2. The monoisotopic (exact) mass is 293 g/mol. The van der Waals surface area contributed by atoms with Gasteiger partial charge in [0.2, 0.25) is 5.91 Å². The normalized spacial score (nSPS) is 30.4. The smallest absolute Gasteiger partial charge is 0.310 e. The molecule has 21 heavy (non-hydrogen) atoms. The quantitative estimate of drug-likeness (QED) is 0.893. The minimum Gasteiger partial charge on any atom is -0.481 e. The molecule has 4 atom stereocenters. The Morgan fingerprint density at radius 2 is 1.95 bits per heavy atom. The Bertz CT molecular complexity index is 603. The highest BCUT2D eigenvalue weighted by molar-refractivity contribution is 5.96. The number of carboxylic acids is 1. The van der Waals surface area contributed by atoms with Gasteiger partial charge in [0.15, 0.2) is 0 Å². The van der Waals surface area contributed by atoms with Crippen molar-refractivity contribution in [2.45, 2.75) is 32.0 Å². The molecule has 0 aliphatic carbocycles. The number of benzene rings is 1. The summed E-state index contributed by atoms with van der Waals surface area (Å²) in [5, 5.41) is 11.9. The van der Waals surface area contributed by atoms with Gasteiger partial charge in [-0.3, -0.25) is 9.59 Å². The summed E-state index contributed by atoms with van der Waals surface area (Å²) in [4.78, 5) is 23.7. The lowest BCUT2D eigenvalue weighted by molar-refractivity contribution is -0.147. The van der Waals surface area contributed by atoms with E-state index in [-0.39, 0.29) is 6.10 Å². The molecule has 2 N–H and O–H groups in total. The van der Waals surface area contributed by atoms with Gasteiger partial charge >= 0.3 is 5.97 Å². The third-order valence-electron chi connectivity index (χ3n) is 4.30. The van der Waals surface area contributed by atoms with E-state index in [1.165, 1.54) is 6.07 Å². The summed E-state index contributed by atoms with van der Waals surface area (Å²) in [5.41, 5.74) is 0.815.